The maximum Gasteiger partial charge on any atom is 0.253 e. The SMILES string of the molecule is COc1ccc(C2=CNC(Nc3cccc(C(=O)N(C)C4CCS(=O)(=O)C4)c3)NC2)cc1. The van der Waals surface area contributed by atoms with Gasteiger partial charge in [0.1, 0.15) is 5.75 Å². The summed E-state index contributed by atoms with van der Waals surface area (Å²) in [6.07, 6.45) is 2.26. The van der Waals surface area contributed by atoms with Crippen molar-refractivity contribution in [1.29, 1.82) is 0 Å². The van der Waals surface area contributed by atoms with Gasteiger partial charge in [-0.2, -0.15) is 0 Å². The van der Waals surface area contributed by atoms with Crippen molar-refractivity contribution in [1.82, 2.24) is 15.5 Å². The van der Waals surface area contributed by atoms with Crippen LogP contribution in [-0.4, -0.2) is 63.8 Å². The van der Waals surface area contributed by atoms with Crippen molar-refractivity contribution >= 4 is 27.0 Å². The molecule has 2 aliphatic rings. The predicted octanol–water partition coefficient (Wildman–Crippen LogP) is 1.88. The van der Waals surface area contributed by atoms with E-state index in [-0.39, 0.29) is 29.7 Å². The molecule has 2 atom stereocenters. The Morgan fingerprint density at radius 1 is 1.19 bits per heavy atom. The van der Waals surface area contributed by atoms with Crippen LogP contribution in [0, 0.1) is 0 Å². The zero-order chi connectivity index (χ0) is 22.7. The Balaban J connectivity index is 1.38. The molecule has 0 saturated carbocycles. The lowest BCUT2D eigenvalue weighted by atomic mass is 10.1. The van der Waals surface area contributed by atoms with Crippen molar-refractivity contribution in [3.8, 4) is 5.75 Å². The Labute approximate surface area is 188 Å². The van der Waals surface area contributed by atoms with E-state index in [0.717, 1.165) is 22.6 Å². The topological polar surface area (TPSA) is 99.8 Å². The summed E-state index contributed by atoms with van der Waals surface area (Å²) in [5.41, 5.74) is 3.54. The lowest BCUT2D eigenvalue weighted by molar-refractivity contribution is 0.0747. The molecule has 1 amide bonds. The number of nitrogens with one attached hydrogen (secondary N) is 3. The highest BCUT2D eigenvalue weighted by atomic mass is 32.2. The number of hydrogen-bond acceptors (Lipinski definition) is 7. The number of carbonyl (C=O) groups is 1. The fourth-order valence-corrected chi connectivity index (χ4v) is 5.72. The van der Waals surface area contributed by atoms with E-state index in [1.165, 1.54) is 0 Å². The van der Waals surface area contributed by atoms with Gasteiger partial charge in [0.25, 0.3) is 5.91 Å². The van der Waals surface area contributed by atoms with E-state index in [1.807, 2.05) is 42.6 Å². The molecule has 0 radical (unpaired) electrons. The largest absolute Gasteiger partial charge is 0.497 e. The molecule has 0 aliphatic carbocycles. The van der Waals surface area contributed by atoms with Gasteiger partial charge in [0.05, 0.1) is 18.6 Å². The fourth-order valence-electron chi connectivity index (χ4n) is 3.95. The second-order valence-corrected chi connectivity index (χ2v) is 10.3. The number of hydrogen-bond donors (Lipinski definition) is 3. The molecule has 1 fully saturated rings. The Morgan fingerprint density at radius 3 is 2.59 bits per heavy atom. The summed E-state index contributed by atoms with van der Waals surface area (Å²) in [5.74, 6) is 0.815. The van der Waals surface area contributed by atoms with Crippen LogP contribution in [0.2, 0.25) is 0 Å². The molecule has 2 aromatic carbocycles. The van der Waals surface area contributed by atoms with Gasteiger partial charge in [-0.25, -0.2) is 8.42 Å². The van der Waals surface area contributed by atoms with Gasteiger partial charge in [-0.1, -0.05) is 18.2 Å². The molecular weight excluding hydrogens is 428 g/mol. The zero-order valence-corrected chi connectivity index (χ0v) is 19.0. The summed E-state index contributed by atoms with van der Waals surface area (Å²) in [5, 5.41) is 10.0. The van der Waals surface area contributed by atoms with Crippen molar-refractivity contribution in [2.24, 2.45) is 0 Å². The third-order valence-electron chi connectivity index (χ3n) is 5.88. The van der Waals surface area contributed by atoms with Crippen LogP contribution in [0.5, 0.6) is 5.75 Å². The number of rotatable bonds is 6. The average molecular weight is 457 g/mol. The predicted molar refractivity (Wildman–Crippen MR) is 125 cm³/mol. The quantitative estimate of drug-likeness (QED) is 0.610. The van der Waals surface area contributed by atoms with Crippen molar-refractivity contribution < 1.29 is 17.9 Å². The summed E-state index contributed by atoms with van der Waals surface area (Å²) >= 11 is 0. The minimum atomic E-state index is -3.05. The standard InChI is InChI=1S/C23H28N4O4S/c1-27(20-10-11-32(29,30)15-20)22(28)17-4-3-5-19(12-17)26-23-24-13-18(14-25-23)16-6-8-21(31-2)9-7-16/h3-9,12-13,20,23-26H,10-11,14-15H2,1-2H3. The van der Waals surface area contributed by atoms with E-state index in [4.69, 9.17) is 4.74 Å². The number of anilines is 1. The number of ether oxygens (including phenoxy) is 1. The zero-order valence-electron chi connectivity index (χ0n) is 18.2. The first kappa shape index (κ1) is 22.2. The highest BCUT2D eigenvalue weighted by molar-refractivity contribution is 7.91. The van der Waals surface area contributed by atoms with Crippen molar-refractivity contribution in [3.05, 3.63) is 65.9 Å². The van der Waals surface area contributed by atoms with E-state index in [9.17, 15) is 13.2 Å². The minimum Gasteiger partial charge on any atom is -0.497 e. The van der Waals surface area contributed by atoms with Gasteiger partial charge < -0.3 is 20.3 Å². The normalized spacial score (nSPS) is 21.9. The second-order valence-electron chi connectivity index (χ2n) is 8.08. The van der Waals surface area contributed by atoms with Gasteiger partial charge >= 0.3 is 0 Å². The molecule has 0 bridgehead atoms. The van der Waals surface area contributed by atoms with Gasteiger partial charge in [-0.3, -0.25) is 10.1 Å². The first-order valence-corrected chi connectivity index (χ1v) is 12.3. The first-order valence-electron chi connectivity index (χ1n) is 10.5. The maximum atomic E-state index is 12.9. The van der Waals surface area contributed by atoms with Gasteiger partial charge in [-0.15, -0.1) is 0 Å². The number of benzene rings is 2. The van der Waals surface area contributed by atoms with E-state index in [1.54, 1.807) is 31.2 Å². The molecular formula is C23H28N4O4S. The van der Waals surface area contributed by atoms with Crippen LogP contribution in [0.25, 0.3) is 5.57 Å². The van der Waals surface area contributed by atoms with Gasteiger partial charge in [-0.05, 0) is 47.9 Å². The molecule has 9 heteroatoms. The number of sulfone groups is 1. The van der Waals surface area contributed by atoms with Crippen LogP contribution in [0.3, 0.4) is 0 Å². The van der Waals surface area contributed by atoms with E-state index >= 15 is 0 Å². The number of amides is 1. The van der Waals surface area contributed by atoms with Gasteiger partial charge in [0, 0.05) is 37.1 Å². The van der Waals surface area contributed by atoms with Gasteiger partial charge in [0.15, 0.2) is 16.1 Å². The fraction of sp³-hybridized carbons (Fsp3) is 0.348. The molecule has 8 nitrogen and oxygen atoms in total. The average Bonchev–Trinajstić information content (AvgIpc) is 3.18. The summed E-state index contributed by atoms with van der Waals surface area (Å²) in [6.45, 7) is 0.675. The monoisotopic (exact) mass is 456 g/mol. The highest BCUT2D eigenvalue weighted by Gasteiger charge is 2.33. The van der Waals surface area contributed by atoms with Crippen LogP contribution in [0.15, 0.2) is 54.7 Å². The third kappa shape index (κ3) is 5.05. The van der Waals surface area contributed by atoms with Crippen molar-refractivity contribution in [2.75, 3.05) is 37.5 Å². The molecule has 2 heterocycles. The molecule has 1 saturated heterocycles. The second kappa shape index (κ2) is 9.22. The number of methoxy groups -OCH3 is 1. The van der Waals surface area contributed by atoms with Crippen LogP contribution in [0.4, 0.5) is 5.69 Å². The molecule has 0 aromatic heterocycles. The van der Waals surface area contributed by atoms with E-state index in [0.29, 0.717) is 18.5 Å². The van der Waals surface area contributed by atoms with Gasteiger partial charge in [0.2, 0.25) is 0 Å². The Morgan fingerprint density at radius 2 is 1.97 bits per heavy atom. The first-order chi connectivity index (χ1) is 15.3. The third-order valence-corrected chi connectivity index (χ3v) is 7.63. The molecule has 170 valence electrons. The maximum absolute atomic E-state index is 12.9. The smallest absolute Gasteiger partial charge is 0.253 e. The summed E-state index contributed by atoms with van der Waals surface area (Å²) in [4.78, 5) is 14.4. The molecule has 2 aromatic rings. The Kier molecular flexibility index (Phi) is 6.38. The highest BCUT2D eigenvalue weighted by Crippen LogP contribution is 2.21. The summed E-state index contributed by atoms with van der Waals surface area (Å²) in [6, 6.07) is 14.9. The molecule has 4 rings (SSSR count). The summed E-state index contributed by atoms with van der Waals surface area (Å²) < 4.78 is 28.7. The Bertz CT molecular complexity index is 1120. The molecule has 3 N–H and O–H groups in total. The van der Waals surface area contributed by atoms with E-state index < -0.39 is 9.84 Å². The van der Waals surface area contributed by atoms with Crippen molar-refractivity contribution in [2.45, 2.75) is 18.8 Å². The molecule has 32 heavy (non-hydrogen) atoms. The summed E-state index contributed by atoms with van der Waals surface area (Å²) in [7, 11) is 0.271. The Hall–Kier alpha value is -3.04. The minimum absolute atomic E-state index is 0.0337. The molecule has 2 unspecified atom stereocenters. The van der Waals surface area contributed by atoms with Crippen LogP contribution in [0.1, 0.15) is 22.3 Å². The number of carbonyl (C=O) groups excluding carboxylic acids is 1. The number of nitrogens with zero attached hydrogens (tertiary/aromatic N) is 1. The van der Waals surface area contributed by atoms with Crippen LogP contribution >= 0.6 is 0 Å². The van der Waals surface area contributed by atoms with Crippen LogP contribution < -0.4 is 20.7 Å². The lowest BCUT2D eigenvalue weighted by Crippen LogP contribution is -2.49. The molecule has 2 aliphatic heterocycles. The lowest BCUT2D eigenvalue weighted by Gasteiger charge is -2.28. The van der Waals surface area contributed by atoms with Crippen molar-refractivity contribution in [3.63, 3.8) is 0 Å². The van der Waals surface area contributed by atoms with Crippen LogP contribution in [-0.2, 0) is 9.84 Å². The van der Waals surface area contributed by atoms with E-state index in [2.05, 4.69) is 16.0 Å². The molecule has 0 spiro atoms.